The Bertz CT molecular complexity index is 883. The first-order chi connectivity index (χ1) is 12.8. The van der Waals surface area contributed by atoms with Crippen LogP contribution in [-0.2, 0) is 11.2 Å². The number of aromatic nitrogens is 2. The summed E-state index contributed by atoms with van der Waals surface area (Å²) >= 11 is 1.56. The Morgan fingerprint density at radius 1 is 1.26 bits per heavy atom. The normalized spacial score (nSPS) is 12.7. The van der Waals surface area contributed by atoms with Crippen molar-refractivity contribution in [1.82, 2.24) is 15.5 Å². The monoisotopic (exact) mass is 387 g/mol. The Morgan fingerprint density at radius 2 is 2.00 bits per heavy atom. The Hall–Kier alpha value is -2.54. The van der Waals surface area contributed by atoms with Gasteiger partial charge in [-0.15, -0.1) is 0 Å². The minimum atomic E-state index is -0.296. The van der Waals surface area contributed by atoms with Crippen LogP contribution < -0.4 is 5.32 Å². The average Bonchev–Trinajstić information content (AvgIpc) is 3.29. The predicted molar refractivity (Wildman–Crippen MR) is 103 cm³/mol. The number of halogens is 1. The lowest BCUT2D eigenvalue weighted by molar-refractivity contribution is -0.122. The topological polar surface area (TPSA) is 68.0 Å². The second kappa shape index (κ2) is 8.00. The van der Waals surface area contributed by atoms with Crippen molar-refractivity contribution in [1.29, 1.82) is 0 Å². The van der Waals surface area contributed by atoms with Crippen LogP contribution in [0.3, 0.4) is 0 Å². The summed E-state index contributed by atoms with van der Waals surface area (Å²) in [4.78, 5) is 16.8. The van der Waals surface area contributed by atoms with E-state index < -0.39 is 0 Å². The highest BCUT2D eigenvalue weighted by Crippen LogP contribution is 2.33. The van der Waals surface area contributed by atoms with Crippen molar-refractivity contribution in [2.75, 3.05) is 0 Å². The summed E-state index contributed by atoms with van der Waals surface area (Å²) in [7, 11) is 0. The SMILES string of the molecule is CC(C)(C)C(NC(=O)CCc1nc(-c2ccsc2)no1)c1ccc(F)cc1. The number of rotatable bonds is 6. The van der Waals surface area contributed by atoms with Crippen molar-refractivity contribution >= 4 is 17.2 Å². The molecule has 0 aliphatic carbocycles. The Morgan fingerprint density at radius 3 is 2.63 bits per heavy atom. The van der Waals surface area contributed by atoms with Gasteiger partial charge >= 0.3 is 0 Å². The molecule has 0 spiro atoms. The molecule has 1 aromatic carbocycles. The molecule has 0 fully saturated rings. The van der Waals surface area contributed by atoms with Gasteiger partial charge in [-0.1, -0.05) is 38.1 Å². The van der Waals surface area contributed by atoms with E-state index in [9.17, 15) is 9.18 Å². The Balaban J connectivity index is 1.62. The molecule has 27 heavy (non-hydrogen) atoms. The van der Waals surface area contributed by atoms with Crippen molar-refractivity contribution < 1.29 is 13.7 Å². The van der Waals surface area contributed by atoms with Crippen LogP contribution >= 0.6 is 11.3 Å². The third-order valence-electron chi connectivity index (χ3n) is 4.19. The number of nitrogens with one attached hydrogen (secondary N) is 1. The number of benzene rings is 1. The molecule has 3 rings (SSSR count). The van der Waals surface area contributed by atoms with Gasteiger partial charge < -0.3 is 9.84 Å². The lowest BCUT2D eigenvalue weighted by Gasteiger charge is -2.32. The second-order valence-electron chi connectivity index (χ2n) is 7.44. The molecule has 2 aromatic heterocycles. The quantitative estimate of drug-likeness (QED) is 0.661. The Labute approximate surface area is 161 Å². The molecule has 0 saturated carbocycles. The van der Waals surface area contributed by atoms with Crippen LogP contribution in [0, 0.1) is 11.2 Å². The van der Waals surface area contributed by atoms with Gasteiger partial charge in [-0.25, -0.2) is 4.39 Å². The molecule has 1 N–H and O–H groups in total. The lowest BCUT2D eigenvalue weighted by Crippen LogP contribution is -2.36. The summed E-state index contributed by atoms with van der Waals surface area (Å²) in [6.45, 7) is 6.10. The fraction of sp³-hybridized carbons (Fsp3) is 0.350. The van der Waals surface area contributed by atoms with E-state index in [4.69, 9.17) is 4.52 Å². The number of hydrogen-bond acceptors (Lipinski definition) is 5. The van der Waals surface area contributed by atoms with E-state index in [1.807, 2.05) is 37.6 Å². The number of thiophene rings is 1. The molecule has 0 bridgehead atoms. The van der Waals surface area contributed by atoms with Gasteiger partial charge in [0.1, 0.15) is 5.82 Å². The maximum atomic E-state index is 13.2. The molecule has 0 saturated heterocycles. The first-order valence-corrected chi connectivity index (χ1v) is 9.67. The van der Waals surface area contributed by atoms with Crippen molar-refractivity contribution in [3.8, 4) is 11.4 Å². The van der Waals surface area contributed by atoms with Crippen LogP contribution in [0.2, 0.25) is 0 Å². The van der Waals surface area contributed by atoms with Gasteiger partial charge in [-0.3, -0.25) is 4.79 Å². The number of carbonyl (C=O) groups is 1. The van der Waals surface area contributed by atoms with Crippen LogP contribution in [0.25, 0.3) is 11.4 Å². The van der Waals surface area contributed by atoms with Crippen LogP contribution in [-0.4, -0.2) is 16.0 Å². The fourth-order valence-corrected chi connectivity index (χ4v) is 3.41. The first kappa shape index (κ1) is 19.2. The smallest absolute Gasteiger partial charge is 0.227 e. The Kier molecular flexibility index (Phi) is 5.70. The van der Waals surface area contributed by atoms with E-state index in [0.29, 0.717) is 18.1 Å². The summed E-state index contributed by atoms with van der Waals surface area (Å²) in [6, 6.07) is 7.92. The highest BCUT2D eigenvalue weighted by molar-refractivity contribution is 7.08. The minimum Gasteiger partial charge on any atom is -0.349 e. The molecule has 0 aliphatic heterocycles. The van der Waals surface area contributed by atoms with E-state index in [-0.39, 0.29) is 29.6 Å². The number of nitrogens with zero attached hydrogens (tertiary/aromatic N) is 2. The van der Waals surface area contributed by atoms with Crippen LogP contribution in [0.1, 0.15) is 44.7 Å². The number of amides is 1. The molecule has 5 nitrogen and oxygen atoms in total. The van der Waals surface area contributed by atoms with Gasteiger partial charge in [0.25, 0.3) is 0 Å². The van der Waals surface area contributed by atoms with Crippen LogP contribution in [0.4, 0.5) is 4.39 Å². The molecule has 1 unspecified atom stereocenters. The fourth-order valence-electron chi connectivity index (χ4n) is 2.77. The molecular weight excluding hydrogens is 365 g/mol. The molecule has 1 atom stereocenters. The maximum Gasteiger partial charge on any atom is 0.227 e. The molecule has 3 aromatic rings. The standard InChI is InChI=1S/C20H22FN3O2S/c1-20(2,3)18(13-4-6-15(21)7-5-13)22-16(25)8-9-17-23-19(24-26-17)14-10-11-27-12-14/h4-7,10-12,18H,8-9H2,1-3H3,(H,22,25). The van der Waals surface area contributed by atoms with Crippen LogP contribution in [0.5, 0.6) is 0 Å². The maximum absolute atomic E-state index is 13.2. The van der Waals surface area contributed by atoms with Gasteiger partial charge in [0.2, 0.25) is 17.6 Å². The molecule has 0 aliphatic rings. The molecule has 142 valence electrons. The van der Waals surface area contributed by atoms with Crippen molar-refractivity contribution in [3.63, 3.8) is 0 Å². The molecular formula is C20H22FN3O2S. The van der Waals surface area contributed by atoms with Gasteiger partial charge in [-0.05, 0) is 34.6 Å². The minimum absolute atomic E-state index is 0.116. The zero-order valence-electron chi connectivity index (χ0n) is 15.5. The van der Waals surface area contributed by atoms with E-state index in [1.165, 1.54) is 12.1 Å². The first-order valence-electron chi connectivity index (χ1n) is 8.73. The largest absolute Gasteiger partial charge is 0.349 e. The number of carbonyl (C=O) groups excluding carboxylic acids is 1. The molecule has 7 heteroatoms. The summed E-state index contributed by atoms with van der Waals surface area (Å²) in [5, 5.41) is 10.9. The van der Waals surface area contributed by atoms with Crippen LogP contribution in [0.15, 0.2) is 45.6 Å². The van der Waals surface area contributed by atoms with Crippen molar-refractivity contribution in [2.45, 2.75) is 39.7 Å². The zero-order valence-corrected chi connectivity index (χ0v) is 16.3. The van der Waals surface area contributed by atoms with Gasteiger partial charge in [0.05, 0.1) is 6.04 Å². The summed E-state index contributed by atoms with van der Waals surface area (Å²) in [5.41, 5.74) is 1.56. The molecule has 0 radical (unpaired) electrons. The number of hydrogen-bond donors (Lipinski definition) is 1. The van der Waals surface area contributed by atoms with Gasteiger partial charge in [0.15, 0.2) is 0 Å². The van der Waals surface area contributed by atoms with Crippen molar-refractivity contribution in [3.05, 3.63) is 58.4 Å². The van der Waals surface area contributed by atoms with E-state index >= 15 is 0 Å². The van der Waals surface area contributed by atoms with E-state index in [2.05, 4.69) is 15.5 Å². The third-order valence-corrected chi connectivity index (χ3v) is 4.87. The molecule has 2 heterocycles. The van der Waals surface area contributed by atoms with E-state index in [1.54, 1.807) is 23.5 Å². The zero-order chi connectivity index (χ0) is 19.4. The number of aryl methyl sites for hydroxylation is 1. The van der Waals surface area contributed by atoms with Crippen molar-refractivity contribution in [2.24, 2.45) is 5.41 Å². The highest BCUT2D eigenvalue weighted by Gasteiger charge is 2.28. The third kappa shape index (κ3) is 5.01. The van der Waals surface area contributed by atoms with Gasteiger partial charge in [0, 0.05) is 23.8 Å². The van der Waals surface area contributed by atoms with E-state index in [0.717, 1.165) is 11.1 Å². The second-order valence-corrected chi connectivity index (χ2v) is 8.22. The lowest BCUT2D eigenvalue weighted by atomic mass is 9.82. The highest BCUT2D eigenvalue weighted by atomic mass is 32.1. The molecule has 1 amide bonds. The summed E-state index contributed by atoms with van der Waals surface area (Å²) in [6.07, 6.45) is 0.600. The summed E-state index contributed by atoms with van der Waals surface area (Å²) < 4.78 is 18.4. The predicted octanol–water partition coefficient (Wildman–Crippen LogP) is 4.77. The average molecular weight is 387 g/mol. The summed E-state index contributed by atoms with van der Waals surface area (Å²) in [5.74, 6) is 0.552. The van der Waals surface area contributed by atoms with Gasteiger partial charge in [-0.2, -0.15) is 16.3 Å².